The largest absolute Gasteiger partial charge is 0.493 e. The standard InChI is InChI=1S/C30H31N3O6/c1-38-25-12-17(11-23-27(35)32-29(37)33-28(23)36)2-7-24(25)39-16-26(34)31-22-5-3-21(4-6-22)30-13-18-8-19(14-30)10-20(9-18)15-30/h2-7,11-12,18-20H,8-10,13-16H2,1H3,(H,31,34)(H2,32,33,35,36,37). The lowest BCUT2D eigenvalue weighted by atomic mass is 9.48. The van der Waals surface area contributed by atoms with E-state index in [0.29, 0.717) is 22.5 Å². The monoisotopic (exact) mass is 529 g/mol. The van der Waals surface area contributed by atoms with Crippen molar-refractivity contribution in [2.45, 2.75) is 43.9 Å². The molecule has 0 aromatic heterocycles. The number of ether oxygens (including phenoxy) is 2. The minimum absolute atomic E-state index is 0.209. The minimum Gasteiger partial charge on any atom is -0.493 e. The van der Waals surface area contributed by atoms with Crippen LogP contribution in [0.4, 0.5) is 10.5 Å². The lowest BCUT2D eigenvalue weighted by molar-refractivity contribution is -0.124. The number of hydrogen-bond acceptors (Lipinski definition) is 6. The van der Waals surface area contributed by atoms with E-state index in [1.807, 2.05) is 22.8 Å². The van der Waals surface area contributed by atoms with Crippen molar-refractivity contribution in [3.8, 4) is 11.5 Å². The number of rotatable bonds is 7. The number of methoxy groups -OCH3 is 1. The SMILES string of the molecule is COc1cc(C=C2C(=O)NC(=O)NC2=O)ccc1OCC(=O)Nc1ccc(C23CC4CC(CC(C4)C2)C3)cc1. The fraction of sp³-hybridized carbons (Fsp3) is 0.400. The molecule has 1 saturated heterocycles. The number of barbiturate groups is 1. The molecule has 4 aliphatic carbocycles. The molecule has 0 unspecified atom stereocenters. The van der Waals surface area contributed by atoms with E-state index in [0.717, 1.165) is 23.4 Å². The van der Waals surface area contributed by atoms with Crippen molar-refractivity contribution >= 4 is 35.5 Å². The summed E-state index contributed by atoms with van der Waals surface area (Å²) in [5.41, 5.74) is 2.73. The van der Waals surface area contributed by atoms with Crippen molar-refractivity contribution < 1.29 is 28.7 Å². The summed E-state index contributed by atoms with van der Waals surface area (Å²) in [5, 5.41) is 6.95. The fourth-order valence-electron chi connectivity index (χ4n) is 7.38. The average molecular weight is 530 g/mol. The quantitative estimate of drug-likeness (QED) is 0.369. The molecule has 1 aliphatic heterocycles. The van der Waals surface area contributed by atoms with Gasteiger partial charge in [-0.3, -0.25) is 25.0 Å². The van der Waals surface area contributed by atoms with Crippen LogP contribution in [-0.4, -0.2) is 37.5 Å². The van der Waals surface area contributed by atoms with Crippen LogP contribution in [0.15, 0.2) is 48.0 Å². The molecule has 39 heavy (non-hydrogen) atoms. The molecule has 9 nitrogen and oxygen atoms in total. The van der Waals surface area contributed by atoms with Crippen LogP contribution in [0, 0.1) is 17.8 Å². The molecule has 0 atom stereocenters. The molecule has 4 bridgehead atoms. The number of imide groups is 2. The first-order valence-corrected chi connectivity index (χ1v) is 13.4. The number of nitrogens with one attached hydrogen (secondary N) is 3. The molecular weight excluding hydrogens is 498 g/mol. The van der Waals surface area contributed by atoms with Gasteiger partial charge in [0.05, 0.1) is 7.11 Å². The lowest BCUT2D eigenvalue weighted by Gasteiger charge is -2.57. The molecule has 3 N–H and O–H groups in total. The van der Waals surface area contributed by atoms with E-state index in [1.165, 1.54) is 57.3 Å². The summed E-state index contributed by atoms with van der Waals surface area (Å²) < 4.78 is 11.1. The molecule has 5 aliphatic rings. The summed E-state index contributed by atoms with van der Waals surface area (Å²) in [6.07, 6.45) is 9.48. The Kier molecular flexibility index (Phi) is 6.37. The first kappa shape index (κ1) is 25.2. The Balaban J connectivity index is 1.07. The van der Waals surface area contributed by atoms with Crippen molar-refractivity contribution in [2.24, 2.45) is 17.8 Å². The van der Waals surface area contributed by atoms with Gasteiger partial charge in [0.25, 0.3) is 17.7 Å². The molecule has 5 fully saturated rings. The second-order valence-corrected chi connectivity index (χ2v) is 11.3. The fourth-order valence-corrected chi connectivity index (χ4v) is 7.38. The Bertz CT molecular complexity index is 1320. The summed E-state index contributed by atoms with van der Waals surface area (Å²) in [6, 6.07) is 12.2. The lowest BCUT2D eigenvalue weighted by Crippen LogP contribution is -2.51. The van der Waals surface area contributed by atoms with Crippen molar-refractivity contribution in [2.75, 3.05) is 19.0 Å². The molecule has 202 valence electrons. The first-order chi connectivity index (χ1) is 18.8. The highest BCUT2D eigenvalue weighted by atomic mass is 16.5. The van der Waals surface area contributed by atoms with E-state index in [2.05, 4.69) is 17.4 Å². The Morgan fingerprint density at radius 2 is 1.54 bits per heavy atom. The number of carbonyl (C=O) groups excluding carboxylic acids is 4. The van der Waals surface area contributed by atoms with Crippen LogP contribution < -0.4 is 25.4 Å². The molecule has 5 amide bonds. The van der Waals surface area contributed by atoms with Crippen molar-refractivity contribution in [3.63, 3.8) is 0 Å². The predicted molar refractivity (Wildman–Crippen MR) is 143 cm³/mol. The highest BCUT2D eigenvalue weighted by Gasteiger charge is 2.51. The Hall–Kier alpha value is -4.14. The van der Waals surface area contributed by atoms with Gasteiger partial charge in [-0.15, -0.1) is 0 Å². The molecular formula is C30H31N3O6. The third-order valence-corrected chi connectivity index (χ3v) is 8.62. The van der Waals surface area contributed by atoms with Gasteiger partial charge in [-0.1, -0.05) is 18.2 Å². The van der Waals surface area contributed by atoms with Gasteiger partial charge < -0.3 is 14.8 Å². The molecule has 0 spiro atoms. The summed E-state index contributed by atoms with van der Waals surface area (Å²) in [6.45, 7) is -0.222. The van der Waals surface area contributed by atoms with Gasteiger partial charge in [-0.05, 0) is 103 Å². The van der Waals surface area contributed by atoms with E-state index in [9.17, 15) is 19.2 Å². The zero-order valence-electron chi connectivity index (χ0n) is 21.8. The molecule has 9 heteroatoms. The summed E-state index contributed by atoms with van der Waals surface area (Å²) >= 11 is 0. The predicted octanol–water partition coefficient (Wildman–Crippen LogP) is 3.93. The van der Waals surface area contributed by atoms with Crippen molar-refractivity contribution in [1.82, 2.24) is 10.6 Å². The second kappa shape index (κ2) is 9.87. The maximum Gasteiger partial charge on any atom is 0.328 e. The third kappa shape index (κ3) is 5.01. The minimum atomic E-state index is -0.861. The first-order valence-electron chi connectivity index (χ1n) is 13.4. The van der Waals surface area contributed by atoms with Crippen LogP contribution in [0.2, 0.25) is 0 Å². The maximum atomic E-state index is 12.6. The van der Waals surface area contributed by atoms with Gasteiger partial charge in [0, 0.05) is 5.69 Å². The second-order valence-electron chi connectivity index (χ2n) is 11.3. The highest BCUT2D eigenvalue weighted by molar-refractivity contribution is 6.31. The molecule has 0 radical (unpaired) electrons. The molecule has 2 aromatic carbocycles. The zero-order valence-corrected chi connectivity index (χ0v) is 21.8. The zero-order chi connectivity index (χ0) is 27.1. The molecule has 7 rings (SSSR count). The number of anilines is 1. The maximum absolute atomic E-state index is 12.6. The normalized spacial score (nSPS) is 27.1. The number of benzene rings is 2. The highest BCUT2D eigenvalue weighted by Crippen LogP contribution is 2.60. The third-order valence-electron chi connectivity index (χ3n) is 8.62. The van der Waals surface area contributed by atoms with Gasteiger partial charge in [-0.2, -0.15) is 0 Å². The van der Waals surface area contributed by atoms with E-state index >= 15 is 0 Å². The van der Waals surface area contributed by atoms with E-state index in [-0.39, 0.29) is 18.1 Å². The van der Waals surface area contributed by atoms with E-state index < -0.39 is 17.8 Å². The molecule has 4 saturated carbocycles. The summed E-state index contributed by atoms with van der Waals surface area (Å²) in [5.74, 6) is 1.43. The Labute approximate surface area is 226 Å². The number of amides is 5. The van der Waals surface area contributed by atoms with E-state index in [1.54, 1.807) is 18.2 Å². The van der Waals surface area contributed by atoms with Crippen molar-refractivity contribution in [1.29, 1.82) is 0 Å². The topological polar surface area (TPSA) is 123 Å². The van der Waals surface area contributed by atoms with Crippen LogP contribution in [-0.2, 0) is 19.8 Å². The van der Waals surface area contributed by atoms with Crippen LogP contribution in [0.1, 0.15) is 49.7 Å². The smallest absolute Gasteiger partial charge is 0.328 e. The van der Waals surface area contributed by atoms with Gasteiger partial charge in [0.1, 0.15) is 5.57 Å². The van der Waals surface area contributed by atoms with Gasteiger partial charge in [0.2, 0.25) is 0 Å². The number of carbonyl (C=O) groups is 4. The van der Waals surface area contributed by atoms with Crippen LogP contribution in [0.3, 0.4) is 0 Å². The summed E-state index contributed by atoms with van der Waals surface area (Å²) in [7, 11) is 1.45. The molecule has 2 aromatic rings. The Morgan fingerprint density at radius 3 is 2.13 bits per heavy atom. The van der Waals surface area contributed by atoms with Crippen molar-refractivity contribution in [3.05, 3.63) is 59.2 Å². The van der Waals surface area contributed by atoms with Gasteiger partial charge >= 0.3 is 6.03 Å². The number of hydrogen-bond donors (Lipinski definition) is 3. The van der Waals surface area contributed by atoms with Crippen LogP contribution in [0.5, 0.6) is 11.5 Å². The van der Waals surface area contributed by atoms with Gasteiger partial charge in [0.15, 0.2) is 18.1 Å². The molecule has 1 heterocycles. The Morgan fingerprint density at radius 1 is 0.923 bits per heavy atom. The average Bonchev–Trinajstić information content (AvgIpc) is 2.89. The van der Waals surface area contributed by atoms with E-state index in [4.69, 9.17) is 9.47 Å². The summed E-state index contributed by atoms with van der Waals surface area (Å²) in [4.78, 5) is 47.8. The van der Waals surface area contributed by atoms with Gasteiger partial charge in [-0.25, -0.2) is 4.79 Å². The van der Waals surface area contributed by atoms with Crippen LogP contribution >= 0.6 is 0 Å². The van der Waals surface area contributed by atoms with Crippen LogP contribution in [0.25, 0.3) is 6.08 Å². The number of urea groups is 1.